The SMILES string of the molecule is CC(C)(Sc1ccc(C(=O)CCC(=O)O)cc1)C(=O)O. The highest BCUT2D eigenvalue weighted by Crippen LogP contribution is 2.32. The molecule has 0 aliphatic heterocycles. The van der Waals surface area contributed by atoms with Crippen molar-refractivity contribution in [2.45, 2.75) is 36.3 Å². The lowest BCUT2D eigenvalue weighted by Crippen LogP contribution is -2.26. The highest BCUT2D eigenvalue weighted by atomic mass is 32.2. The largest absolute Gasteiger partial charge is 0.481 e. The Bertz CT molecular complexity index is 519. The van der Waals surface area contributed by atoms with Crippen molar-refractivity contribution in [3.8, 4) is 0 Å². The smallest absolute Gasteiger partial charge is 0.319 e. The van der Waals surface area contributed by atoms with Gasteiger partial charge in [0.15, 0.2) is 5.78 Å². The molecule has 1 aromatic carbocycles. The topological polar surface area (TPSA) is 91.7 Å². The standard InChI is InChI=1S/C14H16O5S/c1-14(2,13(18)19)20-10-5-3-9(4-6-10)11(15)7-8-12(16)17/h3-6H,7-8H2,1-2H3,(H,16,17)(H,18,19). The molecule has 108 valence electrons. The molecule has 20 heavy (non-hydrogen) atoms. The van der Waals surface area contributed by atoms with Crippen molar-refractivity contribution < 1.29 is 24.6 Å². The second-order valence-corrected chi connectivity index (χ2v) is 6.45. The molecule has 0 saturated heterocycles. The molecule has 0 fully saturated rings. The number of carbonyl (C=O) groups is 3. The zero-order valence-corrected chi connectivity index (χ0v) is 12.1. The first-order chi connectivity index (χ1) is 9.22. The number of hydrogen-bond acceptors (Lipinski definition) is 4. The number of carbonyl (C=O) groups excluding carboxylic acids is 1. The zero-order valence-electron chi connectivity index (χ0n) is 11.3. The molecule has 0 saturated carbocycles. The van der Waals surface area contributed by atoms with Gasteiger partial charge in [-0.25, -0.2) is 0 Å². The zero-order chi connectivity index (χ0) is 15.3. The summed E-state index contributed by atoms with van der Waals surface area (Å²) in [7, 11) is 0. The summed E-state index contributed by atoms with van der Waals surface area (Å²) in [5, 5.41) is 17.6. The summed E-state index contributed by atoms with van der Waals surface area (Å²) < 4.78 is -0.950. The van der Waals surface area contributed by atoms with Crippen molar-refractivity contribution in [1.82, 2.24) is 0 Å². The summed E-state index contributed by atoms with van der Waals surface area (Å²) >= 11 is 1.19. The maximum absolute atomic E-state index is 11.7. The van der Waals surface area contributed by atoms with E-state index >= 15 is 0 Å². The van der Waals surface area contributed by atoms with E-state index in [1.807, 2.05) is 0 Å². The predicted molar refractivity (Wildman–Crippen MR) is 75.2 cm³/mol. The summed E-state index contributed by atoms with van der Waals surface area (Å²) in [6, 6.07) is 6.52. The first-order valence-electron chi connectivity index (χ1n) is 6.00. The first kappa shape index (κ1) is 16.2. The average molecular weight is 296 g/mol. The van der Waals surface area contributed by atoms with Crippen molar-refractivity contribution in [2.75, 3.05) is 0 Å². The summed E-state index contributed by atoms with van der Waals surface area (Å²) in [5.74, 6) is -2.15. The number of ketones is 1. The Kier molecular flexibility index (Phi) is 5.33. The summed E-state index contributed by atoms with van der Waals surface area (Å²) in [4.78, 5) is 33.8. The van der Waals surface area contributed by atoms with Gasteiger partial charge in [0.2, 0.25) is 0 Å². The van der Waals surface area contributed by atoms with Crippen molar-refractivity contribution >= 4 is 29.5 Å². The van der Waals surface area contributed by atoms with Crippen LogP contribution in [0.5, 0.6) is 0 Å². The molecule has 0 amide bonds. The third-order valence-electron chi connectivity index (χ3n) is 2.63. The van der Waals surface area contributed by atoms with E-state index in [-0.39, 0.29) is 18.6 Å². The second kappa shape index (κ2) is 6.56. The molecule has 0 bridgehead atoms. The molecule has 0 atom stereocenters. The summed E-state index contributed by atoms with van der Waals surface area (Å²) in [5.41, 5.74) is 0.434. The number of rotatable bonds is 7. The maximum Gasteiger partial charge on any atom is 0.319 e. The fourth-order valence-corrected chi connectivity index (χ4v) is 2.36. The predicted octanol–water partition coefficient (Wildman–Crippen LogP) is 2.69. The minimum atomic E-state index is -1.01. The van der Waals surface area contributed by atoms with Crippen LogP contribution in [0, 0.1) is 0 Å². The van der Waals surface area contributed by atoms with Gasteiger partial charge in [-0.15, -0.1) is 11.8 Å². The Hall–Kier alpha value is -1.82. The van der Waals surface area contributed by atoms with Gasteiger partial charge >= 0.3 is 11.9 Å². The number of carboxylic acid groups (broad SMARTS) is 2. The van der Waals surface area contributed by atoms with E-state index in [1.165, 1.54) is 11.8 Å². The van der Waals surface area contributed by atoms with E-state index in [0.29, 0.717) is 5.56 Å². The Morgan fingerprint density at radius 2 is 1.60 bits per heavy atom. The normalized spacial score (nSPS) is 11.1. The molecule has 0 aromatic heterocycles. The number of hydrogen-bond donors (Lipinski definition) is 2. The number of Topliss-reactive ketones (excluding diaryl/α,β-unsaturated/α-hetero) is 1. The molecule has 5 nitrogen and oxygen atoms in total. The lowest BCUT2D eigenvalue weighted by atomic mass is 10.1. The molecular formula is C14H16O5S. The second-order valence-electron chi connectivity index (χ2n) is 4.76. The Morgan fingerprint density at radius 1 is 1.05 bits per heavy atom. The Labute approximate surface area is 121 Å². The van der Waals surface area contributed by atoms with Crippen LogP contribution in [-0.4, -0.2) is 32.7 Å². The van der Waals surface area contributed by atoms with E-state index < -0.39 is 16.7 Å². The lowest BCUT2D eigenvalue weighted by Gasteiger charge is -2.18. The number of thioether (sulfide) groups is 1. The molecule has 1 rings (SSSR count). The molecule has 0 unspecified atom stereocenters. The summed E-state index contributed by atoms with van der Waals surface area (Å²) in [6.07, 6.45) is -0.232. The van der Waals surface area contributed by atoms with Crippen LogP contribution in [-0.2, 0) is 9.59 Å². The average Bonchev–Trinajstić information content (AvgIpc) is 2.36. The van der Waals surface area contributed by atoms with Gasteiger partial charge in [0, 0.05) is 16.9 Å². The molecule has 0 aliphatic rings. The Morgan fingerprint density at radius 3 is 2.05 bits per heavy atom. The maximum atomic E-state index is 11.7. The van der Waals surface area contributed by atoms with Crippen LogP contribution in [0.2, 0.25) is 0 Å². The third kappa shape index (κ3) is 4.70. The lowest BCUT2D eigenvalue weighted by molar-refractivity contribution is -0.139. The van der Waals surface area contributed by atoms with E-state index in [9.17, 15) is 14.4 Å². The monoisotopic (exact) mass is 296 g/mol. The highest BCUT2D eigenvalue weighted by Gasteiger charge is 2.28. The Balaban J connectivity index is 2.72. The molecule has 0 heterocycles. The van der Waals surface area contributed by atoms with Crippen LogP contribution >= 0.6 is 11.8 Å². The number of benzene rings is 1. The number of carboxylic acids is 2. The van der Waals surface area contributed by atoms with Crippen molar-refractivity contribution in [3.63, 3.8) is 0 Å². The molecular weight excluding hydrogens is 280 g/mol. The highest BCUT2D eigenvalue weighted by molar-refractivity contribution is 8.01. The molecule has 2 N–H and O–H groups in total. The fraction of sp³-hybridized carbons (Fsp3) is 0.357. The minimum absolute atomic E-state index is 0.0392. The van der Waals surface area contributed by atoms with E-state index in [4.69, 9.17) is 10.2 Å². The fourth-order valence-electron chi connectivity index (χ4n) is 1.41. The van der Waals surface area contributed by atoms with E-state index in [2.05, 4.69) is 0 Å². The minimum Gasteiger partial charge on any atom is -0.481 e. The summed E-state index contributed by atoms with van der Waals surface area (Å²) in [6.45, 7) is 3.21. The van der Waals surface area contributed by atoms with Gasteiger partial charge in [-0.1, -0.05) is 12.1 Å². The molecule has 6 heteroatoms. The van der Waals surface area contributed by atoms with Crippen LogP contribution in [0.25, 0.3) is 0 Å². The van der Waals surface area contributed by atoms with E-state index in [1.54, 1.807) is 38.1 Å². The number of aliphatic carboxylic acids is 2. The van der Waals surface area contributed by atoms with Crippen LogP contribution < -0.4 is 0 Å². The van der Waals surface area contributed by atoms with Crippen molar-refractivity contribution in [3.05, 3.63) is 29.8 Å². The van der Waals surface area contributed by atoms with Gasteiger partial charge in [-0.3, -0.25) is 14.4 Å². The van der Waals surface area contributed by atoms with Crippen molar-refractivity contribution in [1.29, 1.82) is 0 Å². The molecule has 0 radical (unpaired) electrons. The van der Waals surface area contributed by atoms with Gasteiger partial charge < -0.3 is 10.2 Å². The van der Waals surface area contributed by atoms with Crippen molar-refractivity contribution in [2.24, 2.45) is 0 Å². The van der Waals surface area contributed by atoms with Gasteiger partial charge in [0.05, 0.1) is 6.42 Å². The third-order valence-corrected chi connectivity index (χ3v) is 3.82. The van der Waals surface area contributed by atoms with Crippen LogP contribution in [0.4, 0.5) is 0 Å². The quantitative estimate of drug-likeness (QED) is 0.593. The van der Waals surface area contributed by atoms with Crippen LogP contribution in [0.1, 0.15) is 37.0 Å². The first-order valence-corrected chi connectivity index (χ1v) is 6.81. The molecule has 1 aromatic rings. The van der Waals surface area contributed by atoms with Gasteiger partial charge in [0.25, 0.3) is 0 Å². The molecule has 0 aliphatic carbocycles. The van der Waals surface area contributed by atoms with E-state index in [0.717, 1.165) is 4.90 Å². The molecule has 0 spiro atoms. The van der Waals surface area contributed by atoms with Gasteiger partial charge in [0.1, 0.15) is 4.75 Å². The van der Waals surface area contributed by atoms with Crippen LogP contribution in [0.15, 0.2) is 29.2 Å². The van der Waals surface area contributed by atoms with Gasteiger partial charge in [-0.05, 0) is 26.0 Å². The van der Waals surface area contributed by atoms with Gasteiger partial charge in [-0.2, -0.15) is 0 Å². The van der Waals surface area contributed by atoms with Crippen LogP contribution in [0.3, 0.4) is 0 Å².